The van der Waals surface area contributed by atoms with Crippen LogP contribution < -0.4 is 4.72 Å². The van der Waals surface area contributed by atoms with Gasteiger partial charge in [-0.25, -0.2) is 13.1 Å². The van der Waals surface area contributed by atoms with Gasteiger partial charge >= 0.3 is 0 Å². The van der Waals surface area contributed by atoms with E-state index in [0.717, 1.165) is 17.5 Å². The van der Waals surface area contributed by atoms with Crippen LogP contribution in [0.2, 0.25) is 0 Å². The molecule has 0 saturated heterocycles. The lowest BCUT2D eigenvalue weighted by molar-refractivity contribution is -0.130. The van der Waals surface area contributed by atoms with E-state index in [-0.39, 0.29) is 23.5 Å². The summed E-state index contributed by atoms with van der Waals surface area (Å²) in [5, 5.41) is 0. The third kappa shape index (κ3) is 4.74. The zero-order valence-electron chi connectivity index (χ0n) is 15.5. The first-order valence-electron chi connectivity index (χ1n) is 8.86. The van der Waals surface area contributed by atoms with Crippen LogP contribution in [-0.2, 0) is 26.0 Å². The highest BCUT2D eigenvalue weighted by molar-refractivity contribution is 7.89. The monoisotopic (exact) mass is 388 g/mol. The second-order valence-electron chi connectivity index (χ2n) is 6.72. The average Bonchev–Trinajstić information content (AvgIpc) is 2.67. The van der Waals surface area contributed by atoms with Crippen LogP contribution in [-0.4, -0.2) is 46.0 Å². The quantitative estimate of drug-likeness (QED) is 0.822. The summed E-state index contributed by atoms with van der Waals surface area (Å²) < 4.78 is 32.8. The van der Waals surface area contributed by atoms with Gasteiger partial charge in [0.1, 0.15) is 6.10 Å². The highest BCUT2D eigenvalue weighted by atomic mass is 32.2. The van der Waals surface area contributed by atoms with E-state index in [4.69, 9.17) is 4.74 Å². The molecule has 1 aliphatic heterocycles. The molecule has 0 spiro atoms. The van der Waals surface area contributed by atoms with Crippen molar-refractivity contribution in [3.8, 4) is 0 Å². The van der Waals surface area contributed by atoms with Gasteiger partial charge in [0, 0.05) is 7.05 Å². The van der Waals surface area contributed by atoms with E-state index in [2.05, 4.69) is 10.8 Å². The van der Waals surface area contributed by atoms with Crippen molar-refractivity contribution in [2.75, 3.05) is 26.7 Å². The van der Waals surface area contributed by atoms with Crippen LogP contribution in [0, 0.1) is 6.92 Å². The SMILES string of the molecule is Cc1ccc(S(=O)(=O)NCC(=O)N(C)CC2OCCc3ccccc32)cc1. The number of amides is 1. The molecule has 1 amide bonds. The molecular weight excluding hydrogens is 364 g/mol. The summed E-state index contributed by atoms with van der Waals surface area (Å²) in [4.78, 5) is 14.1. The lowest BCUT2D eigenvalue weighted by atomic mass is 9.97. The van der Waals surface area contributed by atoms with Gasteiger partial charge in [-0.15, -0.1) is 0 Å². The molecule has 2 aromatic carbocycles. The standard InChI is InChI=1S/C20H24N2O4S/c1-15-7-9-17(10-8-15)27(24,25)21-13-20(23)22(2)14-19-18-6-4-3-5-16(18)11-12-26-19/h3-10,19,21H,11-14H2,1-2H3. The van der Waals surface area contributed by atoms with Crippen molar-refractivity contribution in [2.45, 2.75) is 24.3 Å². The number of fused-ring (bicyclic) bond motifs is 1. The minimum Gasteiger partial charge on any atom is -0.371 e. The van der Waals surface area contributed by atoms with Gasteiger partial charge < -0.3 is 9.64 Å². The molecule has 144 valence electrons. The number of hydrogen-bond donors (Lipinski definition) is 1. The fourth-order valence-electron chi connectivity index (χ4n) is 3.07. The van der Waals surface area contributed by atoms with Crippen LogP contribution in [0.5, 0.6) is 0 Å². The number of hydrogen-bond acceptors (Lipinski definition) is 4. The lowest BCUT2D eigenvalue weighted by Crippen LogP contribution is -2.40. The predicted molar refractivity (Wildman–Crippen MR) is 103 cm³/mol. The molecular formula is C20H24N2O4S. The number of nitrogens with one attached hydrogen (secondary N) is 1. The van der Waals surface area contributed by atoms with E-state index in [1.165, 1.54) is 22.6 Å². The van der Waals surface area contributed by atoms with Crippen molar-refractivity contribution in [3.05, 3.63) is 65.2 Å². The number of sulfonamides is 1. The number of nitrogens with zero attached hydrogens (tertiary/aromatic N) is 1. The van der Waals surface area contributed by atoms with Gasteiger partial charge in [-0.3, -0.25) is 4.79 Å². The van der Waals surface area contributed by atoms with Crippen LogP contribution in [0.3, 0.4) is 0 Å². The molecule has 1 heterocycles. The number of carbonyl (C=O) groups excluding carboxylic acids is 1. The second-order valence-corrected chi connectivity index (χ2v) is 8.49. The molecule has 7 heteroatoms. The molecule has 3 rings (SSSR count). The van der Waals surface area contributed by atoms with E-state index in [1.54, 1.807) is 19.2 Å². The summed E-state index contributed by atoms with van der Waals surface area (Å²) in [5.74, 6) is -0.308. The molecule has 2 aromatic rings. The molecule has 1 atom stereocenters. The summed E-state index contributed by atoms with van der Waals surface area (Å²) in [6.07, 6.45) is 0.665. The van der Waals surface area contributed by atoms with E-state index in [0.29, 0.717) is 13.2 Å². The predicted octanol–water partition coefficient (Wildman–Crippen LogP) is 2.05. The maximum Gasteiger partial charge on any atom is 0.241 e. The van der Waals surface area contributed by atoms with Gasteiger partial charge in [0.2, 0.25) is 15.9 Å². The Bertz CT molecular complexity index is 910. The number of benzene rings is 2. The molecule has 1 aliphatic rings. The van der Waals surface area contributed by atoms with Gasteiger partial charge in [0.05, 0.1) is 24.6 Å². The largest absolute Gasteiger partial charge is 0.371 e. The zero-order valence-corrected chi connectivity index (χ0v) is 16.3. The van der Waals surface area contributed by atoms with Crippen LogP contribution in [0.15, 0.2) is 53.4 Å². The molecule has 0 aromatic heterocycles. The average molecular weight is 388 g/mol. The van der Waals surface area contributed by atoms with Gasteiger partial charge in [-0.1, -0.05) is 42.0 Å². The van der Waals surface area contributed by atoms with E-state index >= 15 is 0 Å². The Morgan fingerprint density at radius 2 is 1.89 bits per heavy atom. The van der Waals surface area contributed by atoms with Crippen LogP contribution >= 0.6 is 0 Å². The van der Waals surface area contributed by atoms with Gasteiger partial charge in [0.15, 0.2) is 0 Å². The van der Waals surface area contributed by atoms with E-state index in [1.807, 2.05) is 25.1 Å². The first-order valence-corrected chi connectivity index (χ1v) is 10.3. The molecule has 27 heavy (non-hydrogen) atoms. The topological polar surface area (TPSA) is 75.7 Å². The number of aryl methyl sites for hydroxylation is 1. The molecule has 0 aliphatic carbocycles. The number of ether oxygens (including phenoxy) is 1. The number of likely N-dealkylation sites (N-methyl/N-ethyl adjacent to an activating group) is 1. The van der Waals surface area contributed by atoms with Gasteiger partial charge in [-0.2, -0.15) is 0 Å². The summed E-state index contributed by atoms with van der Waals surface area (Å²) in [6.45, 7) is 2.58. The maximum atomic E-state index is 12.4. The molecule has 1 N–H and O–H groups in total. The second kappa shape index (κ2) is 8.21. The van der Waals surface area contributed by atoms with Crippen LogP contribution in [0.4, 0.5) is 0 Å². The fourth-order valence-corrected chi connectivity index (χ4v) is 4.05. The number of carbonyl (C=O) groups is 1. The van der Waals surface area contributed by atoms with Crippen LogP contribution in [0.25, 0.3) is 0 Å². The first-order chi connectivity index (χ1) is 12.9. The smallest absolute Gasteiger partial charge is 0.241 e. The Labute approximate surface area is 160 Å². The van der Waals surface area contributed by atoms with Crippen molar-refractivity contribution < 1.29 is 17.9 Å². The molecule has 0 radical (unpaired) electrons. The highest BCUT2D eigenvalue weighted by Gasteiger charge is 2.24. The van der Waals surface area contributed by atoms with Crippen molar-refractivity contribution >= 4 is 15.9 Å². The number of rotatable bonds is 6. The maximum absolute atomic E-state index is 12.4. The van der Waals surface area contributed by atoms with E-state index < -0.39 is 10.0 Å². The Morgan fingerprint density at radius 3 is 2.63 bits per heavy atom. The van der Waals surface area contributed by atoms with E-state index in [9.17, 15) is 13.2 Å². The fraction of sp³-hybridized carbons (Fsp3) is 0.350. The minimum atomic E-state index is -3.72. The zero-order chi connectivity index (χ0) is 19.4. The summed E-state index contributed by atoms with van der Waals surface area (Å²) in [7, 11) is -2.06. The Kier molecular flexibility index (Phi) is 5.94. The minimum absolute atomic E-state index is 0.146. The Hall–Kier alpha value is -2.22. The van der Waals surface area contributed by atoms with Crippen LogP contribution in [0.1, 0.15) is 22.8 Å². The Morgan fingerprint density at radius 1 is 1.19 bits per heavy atom. The van der Waals surface area contributed by atoms with Gasteiger partial charge in [-0.05, 0) is 36.6 Å². The third-order valence-electron chi connectivity index (χ3n) is 4.70. The molecule has 6 nitrogen and oxygen atoms in total. The normalized spacial score (nSPS) is 16.6. The molecule has 0 fully saturated rings. The van der Waals surface area contributed by atoms with Gasteiger partial charge in [0.25, 0.3) is 0 Å². The first kappa shape index (κ1) is 19.5. The van der Waals surface area contributed by atoms with Crippen molar-refractivity contribution in [1.29, 1.82) is 0 Å². The summed E-state index contributed by atoms with van der Waals surface area (Å²) in [6, 6.07) is 14.5. The molecule has 0 bridgehead atoms. The summed E-state index contributed by atoms with van der Waals surface area (Å²) >= 11 is 0. The third-order valence-corrected chi connectivity index (χ3v) is 6.12. The van der Waals surface area contributed by atoms with Crippen molar-refractivity contribution in [3.63, 3.8) is 0 Å². The highest BCUT2D eigenvalue weighted by Crippen LogP contribution is 2.27. The molecule has 0 saturated carbocycles. The Balaban J connectivity index is 1.59. The van der Waals surface area contributed by atoms with Crippen molar-refractivity contribution in [2.24, 2.45) is 0 Å². The summed E-state index contributed by atoms with van der Waals surface area (Å²) in [5.41, 5.74) is 3.29. The lowest BCUT2D eigenvalue weighted by Gasteiger charge is -2.29. The van der Waals surface area contributed by atoms with Crippen molar-refractivity contribution in [1.82, 2.24) is 9.62 Å². The molecule has 1 unspecified atom stereocenters.